The Morgan fingerprint density at radius 1 is 0.480 bits per heavy atom. The second-order valence-electron chi connectivity index (χ2n) is 8.63. The van der Waals surface area contributed by atoms with Crippen molar-refractivity contribution in [3.8, 4) is 0 Å². The van der Waals surface area contributed by atoms with Gasteiger partial charge in [-0.15, -0.1) is 0 Å². The van der Waals surface area contributed by atoms with E-state index in [0.29, 0.717) is 5.60 Å². The lowest BCUT2D eigenvalue weighted by Gasteiger charge is -2.09. The van der Waals surface area contributed by atoms with Gasteiger partial charge in [0.1, 0.15) is 0 Å². The number of hydrogen-bond acceptors (Lipinski definition) is 1. The molecule has 1 saturated heterocycles. The van der Waals surface area contributed by atoms with Crippen LogP contribution in [0, 0.1) is 0 Å². The van der Waals surface area contributed by atoms with E-state index in [1.165, 1.54) is 128 Å². The molecule has 0 radical (unpaired) electrons. The third-order valence-corrected chi connectivity index (χ3v) is 5.99. The molecule has 0 spiro atoms. The molecule has 0 aromatic carbocycles. The van der Waals surface area contributed by atoms with E-state index in [0.717, 1.165) is 6.61 Å². The van der Waals surface area contributed by atoms with Gasteiger partial charge < -0.3 is 4.74 Å². The fraction of sp³-hybridized carbons (Fsp3) is 1.00. The Kier molecular flexibility index (Phi) is 14.9. The van der Waals surface area contributed by atoms with Crippen LogP contribution < -0.4 is 0 Å². The number of epoxide rings is 1. The SMILES string of the molecule is CCCCCCCCCCCCCCCCCCCC1(CCC)CO1. The largest absolute Gasteiger partial charge is 0.370 e. The molecule has 0 amide bonds. The van der Waals surface area contributed by atoms with Crippen LogP contribution in [0.3, 0.4) is 0 Å². The van der Waals surface area contributed by atoms with Crippen LogP contribution in [0.1, 0.15) is 142 Å². The van der Waals surface area contributed by atoms with Gasteiger partial charge in [0.2, 0.25) is 0 Å². The normalized spacial score (nSPS) is 19.4. The van der Waals surface area contributed by atoms with Crippen LogP contribution in [-0.4, -0.2) is 12.2 Å². The van der Waals surface area contributed by atoms with E-state index in [1.807, 2.05) is 0 Å². The smallest absolute Gasteiger partial charge is 0.0916 e. The van der Waals surface area contributed by atoms with E-state index in [4.69, 9.17) is 4.74 Å². The molecule has 1 unspecified atom stereocenters. The molecule has 1 rings (SSSR count). The molecule has 1 aliphatic rings. The van der Waals surface area contributed by atoms with Crippen LogP contribution in [0.5, 0.6) is 0 Å². The summed E-state index contributed by atoms with van der Waals surface area (Å²) in [5.41, 5.74) is 0.338. The molecule has 1 fully saturated rings. The Labute approximate surface area is 159 Å². The Bertz CT molecular complexity index is 269. The lowest BCUT2D eigenvalue weighted by atomic mass is 9.96. The zero-order chi connectivity index (χ0) is 18.1. The van der Waals surface area contributed by atoms with Gasteiger partial charge in [-0.2, -0.15) is 0 Å². The predicted octanol–water partition coefficient (Wildman–Crippen LogP) is 8.60. The Hall–Kier alpha value is -0.0400. The molecule has 1 atom stereocenters. The summed E-state index contributed by atoms with van der Waals surface area (Å²) in [4.78, 5) is 0. The van der Waals surface area contributed by atoms with Crippen molar-refractivity contribution in [1.29, 1.82) is 0 Å². The molecule has 150 valence electrons. The van der Waals surface area contributed by atoms with Crippen molar-refractivity contribution >= 4 is 0 Å². The zero-order valence-electron chi connectivity index (χ0n) is 17.8. The zero-order valence-corrected chi connectivity index (χ0v) is 17.8. The van der Waals surface area contributed by atoms with Gasteiger partial charge in [-0.3, -0.25) is 0 Å². The molecule has 1 aliphatic heterocycles. The predicted molar refractivity (Wildman–Crippen MR) is 112 cm³/mol. The van der Waals surface area contributed by atoms with Gasteiger partial charge in [-0.1, -0.05) is 129 Å². The van der Waals surface area contributed by atoms with Gasteiger partial charge in [0, 0.05) is 0 Å². The van der Waals surface area contributed by atoms with E-state index in [9.17, 15) is 0 Å². The van der Waals surface area contributed by atoms with Crippen LogP contribution in [0.4, 0.5) is 0 Å². The highest BCUT2D eigenvalue weighted by Crippen LogP contribution is 2.37. The maximum Gasteiger partial charge on any atom is 0.0916 e. The number of unbranched alkanes of at least 4 members (excludes halogenated alkanes) is 16. The molecule has 1 nitrogen and oxygen atoms in total. The fourth-order valence-electron chi connectivity index (χ4n) is 4.14. The Morgan fingerprint density at radius 3 is 1.16 bits per heavy atom. The average molecular weight is 353 g/mol. The summed E-state index contributed by atoms with van der Waals surface area (Å²) in [6.45, 7) is 5.62. The molecule has 1 heterocycles. The lowest BCUT2D eigenvalue weighted by Crippen LogP contribution is -2.09. The van der Waals surface area contributed by atoms with E-state index < -0.39 is 0 Å². The van der Waals surface area contributed by atoms with Crippen molar-refractivity contribution < 1.29 is 4.74 Å². The highest BCUT2D eigenvalue weighted by Gasteiger charge is 2.42. The molecule has 0 aromatic heterocycles. The minimum atomic E-state index is 0.338. The minimum Gasteiger partial charge on any atom is -0.370 e. The quantitative estimate of drug-likeness (QED) is 0.158. The summed E-state index contributed by atoms with van der Waals surface area (Å²) in [5.74, 6) is 0. The highest BCUT2D eigenvalue weighted by molar-refractivity contribution is 4.91. The van der Waals surface area contributed by atoms with Gasteiger partial charge in [0.05, 0.1) is 12.2 Å². The van der Waals surface area contributed by atoms with E-state index in [2.05, 4.69) is 13.8 Å². The number of ether oxygens (including phenoxy) is 1. The van der Waals surface area contributed by atoms with Gasteiger partial charge in [-0.05, 0) is 12.8 Å². The maximum atomic E-state index is 5.67. The van der Waals surface area contributed by atoms with Crippen molar-refractivity contribution in [3.05, 3.63) is 0 Å². The number of hydrogen-bond donors (Lipinski definition) is 0. The first kappa shape index (κ1) is 23.0. The van der Waals surface area contributed by atoms with Crippen molar-refractivity contribution in [2.24, 2.45) is 0 Å². The van der Waals surface area contributed by atoms with Crippen molar-refractivity contribution in [2.45, 2.75) is 148 Å². The first-order valence-electron chi connectivity index (χ1n) is 12.0. The monoisotopic (exact) mass is 352 g/mol. The second kappa shape index (κ2) is 16.2. The van der Waals surface area contributed by atoms with Crippen LogP contribution in [-0.2, 0) is 4.74 Å². The lowest BCUT2D eigenvalue weighted by molar-refractivity contribution is 0.265. The number of rotatable bonds is 20. The molecule has 0 bridgehead atoms. The third-order valence-electron chi connectivity index (χ3n) is 5.99. The molecular weight excluding hydrogens is 304 g/mol. The Morgan fingerprint density at radius 2 is 0.840 bits per heavy atom. The first-order chi connectivity index (χ1) is 12.3. The highest BCUT2D eigenvalue weighted by atomic mass is 16.6. The molecule has 1 heteroatoms. The van der Waals surface area contributed by atoms with Gasteiger partial charge in [0.25, 0.3) is 0 Å². The molecular formula is C24H48O. The summed E-state index contributed by atoms with van der Waals surface area (Å²) in [5, 5.41) is 0. The van der Waals surface area contributed by atoms with Crippen LogP contribution >= 0.6 is 0 Å². The summed E-state index contributed by atoms with van der Waals surface area (Å²) < 4.78 is 5.67. The Balaban J connectivity index is 1.67. The summed E-state index contributed by atoms with van der Waals surface area (Å²) >= 11 is 0. The van der Waals surface area contributed by atoms with Crippen molar-refractivity contribution in [2.75, 3.05) is 6.61 Å². The van der Waals surface area contributed by atoms with Crippen LogP contribution in [0.2, 0.25) is 0 Å². The molecule has 0 aromatic rings. The molecule has 0 aliphatic carbocycles. The standard InChI is InChI=1S/C24H48O/c1-3-5-6-7-8-9-10-11-12-13-14-15-16-17-18-19-20-22-24(21-4-2)23-25-24/h3-23H2,1-2H3. The van der Waals surface area contributed by atoms with Crippen LogP contribution in [0.15, 0.2) is 0 Å². The van der Waals surface area contributed by atoms with Crippen molar-refractivity contribution in [3.63, 3.8) is 0 Å². The van der Waals surface area contributed by atoms with Crippen molar-refractivity contribution in [1.82, 2.24) is 0 Å². The van der Waals surface area contributed by atoms with E-state index in [1.54, 1.807) is 0 Å². The molecule has 0 N–H and O–H groups in total. The van der Waals surface area contributed by atoms with Gasteiger partial charge in [0.15, 0.2) is 0 Å². The van der Waals surface area contributed by atoms with Gasteiger partial charge in [-0.25, -0.2) is 0 Å². The topological polar surface area (TPSA) is 12.5 Å². The van der Waals surface area contributed by atoms with Gasteiger partial charge >= 0.3 is 0 Å². The second-order valence-corrected chi connectivity index (χ2v) is 8.63. The minimum absolute atomic E-state index is 0.338. The maximum absolute atomic E-state index is 5.67. The van der Waals surface area contributed by atoms with E-state index >= 15 is 0 Å². The molecule has 0 saturated carbocycles. The first-order valence-corrected chi connectivity index (χ1v) is 12.0. The average Bonchev–Trinajstić information content (AvgIpc) is 3.38. The van der Waals surface area contributed by atoms with Crippen LogP contribution in [0.25, 0.3) is 0 Å². The molecule has 25 heavy (non-hydrogen) atoms. The summed E-state index contributed by atoms with van der Waals surface area (Å²) in [6.07, 6.45) is 28.6. The third kappa shape index (κ3) is 13.8. The summed E-state index contributed by atoms with van der Waals surface area (Å²) in [7, 11) is 0. The fourth-order valence-corrected chi connectivity index (χ4v) is 4.14. The van der Waals surface area contributed by atoms with E-state index in [-0.39, 0.29) is 0 Å². The summed E-state index contributed by atoms with van der Waals surface area (Å²) in [6, 6.07) is 0.